The summed E-state index contributed by atoms with van der Waals surface area (Å²) in [5.41, 5.74) is -1.43. The molecule has 22 heavy (non-hydrogen) atoms. The smallest absolute Gasteiger partial charge is 0.337 e. The number of carboxylic acid groups (broad SMARTS) is 1. The zero-order valence-corrected chi connectivity index (χ0v) is 12.9. The molecule has 118 valence electrons. The van der Waals surface area contributed by atoms with Gasteiger partial charge in [-0.3, -0.25) is 4.79 Å². The van der Waals surface area contributed by atoms with Crippen LogP contribution in [0.25, 0.3) is 10.8 Å². The van der Waals surface area contributed by atoms with E-state index in [1.165, 1.54) is 11.3 Å². The van der Waals surface area contributed by atoms with E-state index in [1.54, 1.807) is 5.38 Å². The number of amides is 1. The predicted molar refractivity (Wildman–Crippen MR) is 79.5 cm³/mol. The number of aliphatic hydroxyl groups is 1. The number of carbonyl (C=O) groups excluding carboxylic acids is 1. The summed E-state index contributed by atoms with van der Waals surface area (Å²) < 4.78 is 5.46. The van der Waals surface area contributed by atoms with E-state index < -0.39 is 17.5 Å². The molecular weight excluding hydrogens is 308 g/mol. The molecule has 0 spiro atoms. The number of nitrogens with one attached hydrogen (secondary N) is 1. The first kappa shape index (κ1) is 16.2. The summed E-state index contributed by atoms with van der Waals surface area (Å²) in [6.07, 6.45) is 0.00584. The number of carboxylic acids is 1. The van der Waals surface area contributed by atoms with E-state index in [0.717, 1.165) is 12.7 Å². The number of furan rings is 1. The van der Waals surface area contributed by atoms with Gasteiger partial charge in [-0.05, 0) is 26.0 Å². The van der Waals surface area contributed by atoms with Gasteiger partial charge in [0.15, 0.2) is 16.4 Å². The van der Waals surface area contributed by atoms with Gasteiger partial charge in [0, 0.05) is 5.38 Å². The fourth-order valence-corrected chi connectivity index (χ4v) is 2.40. The van der Waals surface area contributed by atoms with Gasteiger partial charge in [-0.2, -0.15) is 0 Å². The maximum absolute atomic E-state index is 11.8. The van der Waals surface area contributed by atoms with Gasteiger partial charge in [0.05, 0.1) is 18.7 Å². The number of carbonyl (C=O) groups is 2. The number of hydrogen-bond donors (Lipinski definition) is 3. The van der Waals surface area contributed by atoms with E-state index in [9.17, 15) is 14.7 Å². The molecule has 3 N–H and O–H groups in total. The second-order valence-electron chi connectivity index (χ2n) is 5.09. The summed E-state index contributed by atoms with van der Waals surface area (Å²) in [4.78, 5) is 26.8. The van der Waals surface area contributed by atoms with Gasteiger partial charge in [0.1, 0.15) is 5.76 Å². The van der Waals surface area contributed by atoms with Crippen molar-refractivity contribution in [2.45, 2.75) is 25.9 Å². The number of nitrogens with zero attached hydrogens (tertiary/aromatic N) is 1. The Hall–Kier alpha value is -2.19. The monoisotopic (exact) mass is 324 g/mol. The molecule has 0 radical (unpaired) electrons. The molecule has 0 saturated carbocycles. The van der Waals surface area contributed by atoms with E-state index in [-0.39, 0.29) is 13.0 Å². The van der Waals surface area contributed by atoms with E-state index in [2.05, 4.69) is 10.3 Å². The minimum absolute atomic E-state index is 0.00584. The molecule has 2 aromatic heterocycles. The number of aromatic nitrogens is 1. The Labute approximate surface area is 130 Å². The second kappa shape index (κ2) is 6.29. The van der Waals surface area contributed by atoms with Crippen molar-refractivity contribution < 1.29 is 24.2 Å². The van der Waals surface area contributed by atoms with Gasteiger partial charge in [-0.15, -0.1) is 11.3 Å². The molecule has 2 aromatic rings. The quantitative estimate of drug-likeness (QED) is 0.736. The average Bonchev–Trinajstić information content (AvgIpc) is 3.05. The normalized spacial score (nSPS) is 13.6. The lowest BCUT2D eigenvalue weighted by atomic mass is 10.1. The van der Waals surface area contributed by atoms with Crippen molar-refractivity contribution in [2.75, 3.05) is 6.54 Å². The van der Waals surface area contributed by atoms with Crippen molar-refractivity contribution in [3.05, 3.63) is 29.0 Å². The molecule has 2 rings (SSSR count). The number of aliphatic carboxylic acids is 1. The van der Waals surface area contributed by atoms with Crippen LogP contribution in [0.3, 0.4) is 0 Å². The van der Waals surface area contributed by atoms with Crippen LogP contribution in [0.1, 0.15) is 18.4 Å². The van der Waals surface area contributed by atoms with Gasteiger partial charge in [0.25, 0.3) is 0 Å². The van der Waals surface area contributed by atoms with Crippen LogP contribution in [0.5, 0.6) is 0 Å². The Balaban J connectivity index is 1.93. The van der Waals surface area contributed by atoms with E-state index in [0.29, 0.717) is 16.5 Å². The van der Waals surface area contributed by atoms with Gasteiger partial charge in [-0.25, -0.2) is 9.78 Å². The lowest BCUT2D eigenvalue weighted by Gasteiger charge is -2.17. The highest BCUT2D eigenvalue weighted by Crippen LogP contribution is 2.25. The lowest BCUT2D eigenvalue weighted by Crippen LogP contribution is -2.46. The Bertz CT molecular complexity index is 689. The van der Waals surface area contributed by atoms with Crippen molar-refractivity contribution >= 4 is 23.2 Å². The van der Waals surface area contributed by atoms with Crippen LogP contribution in [-0.2, 0) is 16.0 Å². The molecule has 0 bridgehead atoms. The van der Waals surface area contributed by atoms with Gasteiger partial charge in [-0.1, -0.05) is 0 Å². The molecule has 0 saturated heterocycles. The minimum Gasteiger partial charge on any atom is -0.479 e. The third kappa shape index (κ3) is 3.92. The second-order valence-corrected chi connectivity index (χ2v) is 5.94. The standard InChI is InChI=1S/C14H16N2O5S/c1-8-3-4-10(21-8)12-16-9(6-22-12)5-11(17)15-7-14(2,20)13(18)19/h3-4,6,20H,5,7H2,1-2H3,(H,15,17)(H,18,19). The minimum atomic E-state index is -1.99. The molecule has 8 heteroatoms. The SMILES string of the molecule is Cc1ccc(-c2nc(CC(=O)NCC(C)(O)C(=O)O)cs2)o1. The Morgan fingerprint density at radius 1 is 1.45 bits per heavy atom. The Morgan fingerprint density at radius 2 is 2.18 bits per heavy atom. The van der Waals surface area contributed by atoms with Crippen molar-refractivity contribution in [2.24, 2.45) is 0 Å². The van der Waals surface area contributed by atoms with E-state index in [4.69, 9.17) is 9.52 Å². The molecule has 1 unspecified atom stereocenters. The summed E-state index contributed by atoms with van der Waals surface area (Å²) in [7, 11) is 0. The molecular formula is C14H16N2O5S. The summed E-state index contributed by atoms with van der Waals surface area (Å²) in [5.74, 6) is -0.380. The van der Waals surface area contributed by atoms with Gasteiger partial charge >= 0.3 is 5.97 Å². The predicted octanol–water partition coefficient (Wildman–Crippen LogP) is 1.21. The van der Waals surface area contributed by atoms with Crippen molar-refractivity contribution in [1.29, 1.82) is 0 Å². The van der Waals surface area contributed by atoms with Gasteiger partial charge < -0.3 is 19.9 Å². The molecule has 2 heterocycles. The summed E-state index contributed by atoms with van der Waals surface area (Å²) in [6, 6.07) is 3.64. The maximum atomic E-state index is 11.8. The number of aryl methyl sites for hydroxylation is 1. The highest BCUT2D eigenvalue weighted by molar-refractivity contribution is 7.13. The molecule has 0 aromatic carbocycles. The molecule has 1 amide bonds. The average molecular weight is 324 g/mol. The van der Waals surface area contributed by atoms with Crippen LogP contribution in [0.15, 0.2) is 21.9 Å². The van der Waals surface area contributed by atoms with Crippen LogP contribution in [0.4, 0.5) is 0 Å². The Morgan fingerprint density at radius 3 is 2.77 bits per heavy atom. The number of hydrogen-bond acceptors (Lipinski definition) is 6. The third-order valence-electron chi connectivity index (χ3n) is 2.94. The molecule has 0 fully saturated rings. The van der Waals surface area contributed by atoms with Crippen LogP contribution < -0.4 is 5.32 Å². The summed E-state index contributed by atoms with van der Waals surface area (Å²) in [5, 5.41) is 23.1. The highest BCUT2D eigenvalue weighted by Gasteiger charge is 2.30. The lowest BCUT2D eigenvalue weighted by molar-refractivity contribution is -0.156. The van der Waals surface area contributed by atoms with Crippen LogP contribution in [0.2, 0.25) is 0 Å². The summed E-state index contributed by atoms with van der Waals surface area (Å²) >= 11 is 1.36. The topological polar surface area (TPSA) is 113 Å². The molecule has 0 aliphatic carbocycles. The first-order chi connectivity index (χ1) is 10.3. The number of thiazole rings is 1. The fourth-order valence-electron chi connectivity index (χ4n) is 1.62. The third-order valence-corrected chi connectivity index (χ3v) is 3.84. The number of rotatable bonds is 6. The summed E-state index contributed by atoms with van der Waals surface area (Å²) in [6.45, 7) is 2.59. The maximum Gasteiger partial charge on any atom is 0.337 e. The van der Waals surface area contributed by atoms with Crippen molar-refractivity contribution in [3.8, 4) is 10.8 Å². The van der Waals surface area contributed by atoms with Crippen LogP contribution >= 0.6 is 11.3 Å². The first-order valence-corrected chi connectivity index (χ1v) is 7.39. The first-order valence-electron chi connectivity index (χ1n) is 6.51. The molecule has 0 aliphatic rings. The largest absolute Gasteiger partial charge is 0.479 e. The highest BCUT2D eigenvalue weighted by atomic mass is 32.1. The Kier molecular flexibility index (Phi) is 4.62. The van der Waals surface area contributed by atoms with Crippen LogP contribution in [-0.4, -0.2) is 39.2 Å². The van der Waals surface area contributed by atoms with E-state index >= 15 is 0 Å². The van der Waals surface area contributed by atoms with Crippen molar-refractivity contribution in [3.63, 3.8) is 0 Å². The molecule has 7 nitrogen and oxygen atoms in total. The van der Waals surface area contributed by atoms with Gasteiger partial charge in [0.2, 0.25) is 5.91 Å². The molecule has 0 aliphatic heterocycles. The van der Waals surface area contributed by atoms with Crippen LogP contribution in [0, 0.1) is 6.92 Å². The fraction of sp³-hybridized carbons (Fsp3) is 0.357. The molecule has 1 atom stereocenters. The zero-order valence-electron chi connectivity index (χ0n) is 12.1. The van der Waals surface area contributed by atoms with E-state index in [1.807, 2.05) is 19.1 Å². The zero-order chi connectivity index (χ0) is 16.3. The van der Waals surface area contributed by atoms with Crippen molar-refractivity contribution in [1.82, 2.24) is 10.3 Å².